The molecule has 1 unspecified atom stereocenters. The SMILES string of the molecule is Cc1cccc(OC2CCOC2=O)c1N. The average Bonchev–Trinajstić information content (AvgIpc) is 2.60. The zero-order chi connectivity index (χ0) is 10.8. The predicted molar refractivity (Wildman–Crippen MR) is 55.6 cm³/mol. The number of aryl methyl sites for hydroxylation is 1. The molecule has 4 nitrogen and oxygen atoms in total. The van der Waals surface area contributed by atoms with Crippen molar-refractivity contribution in [1.82, 2.24) is 0 Å². The Balaban J connectivity index is 2.17. The summed E-state index contributed by atoms with van der Waals surface area (Å²) >= 11 is 0. The number of esters is 1. The number of hydrogen-bond donors (Lipinski definition) is 1. The summed E-state index contributed by atoms with van der Waals surface area (Å²) in [4.78, 5) is 11.2. The summed E-state index contributed by atoms with van der Waals surface area (Å²) in [6, 6.07) is 5.50. The molecule has 0 saturated carbocycles. The van der Waals surface area contributed by atoms with E-state index in [0.29, 0.717) is 24.5 Å². The largest absolute Gasteiger partial charge is 0.476 e. The smallest absolute Gasteiger partial charge is 0.347 e. The lowest BCUT2D eigenvalue weighted by Crippen LogP contribution is -2.22. The normalized spacial score (nSPS) is 20.1. The van der Waals surface area contributed by atoms with E-state index < -0.39 is 6.10 Å². The van der Waals surface area contributed by atoms with Crippen molar-refractivity contribution in [3.63, 3.8) is 0 Å². The fourth-order valence-electron chi connectivity index (χ4n) is 1.49. The molecule has 0 bridgehead atoms. The molecule has 0 aromatic heterocycles. The standard InChI is InChI=1S/C11H13NO3/c1-7-3-2-4-8(10(7)12)15-9-5-6-14-11(9)13/h2-4,9H,5-6,12H2,1H3. The summed E-state index contributed by atoms with van der Waals surface area (Å²) in [6.45, 7) is 2.32. The van der Waals surface area contributed by atoms with Crippen LogP contribution in [0.3, 0.4) is 0 Å². The van der Waals surface area contributed by atoms with Gasteiger partial charge in [-0.25, -0.2) is 4.79 Å². The number of nitrogen functional groups attached to an aromatic ring is 1. The number of anilines is 1. The molecule has 80 valence electrons. The molecule has 1 saturated heterocycles. The number of carbonyl (C=O) groups excluding carboxylic acids is 1. The Morgan fingerprint density at radius 3 is 3.00 bits per heavy atom. The molecule has 0 spiro atoms. The number of para-hydroxylation sites is 1. The molecule has 2 rings (SSSR count). The van der Waals surface area contributed by atoms with Crippen molar-refractivity contribution in [3.8, 4) is 5.75 Å². The van der Waals surface area contributed by atoms with Gasteiger partial charge in [-0.2, -0.15) is 0 Å². The fourth-order valence-corrected chi connectivity index (χ4v) is 1.49. The van der Waals surface area contributed by atoms with E-state index in [0.717, 1.165) is 5.56 Å². The minimum absolute atomic E-state index is 0.309. The van der Waals surface area contributed by atoms with Crippen LogP contribution in [0.5, 0.6) is 5.75 Å². The Morgan fingerprint density at radius 1 is 1.53 bits per heavy atom. The first-order valence-electron chi connectivity index (χ1n) is 4.87. The second-order valence-corrected chi connectivity index (χ2v) is 3.55. The molecular weight excluding hydrogens is 194 g/mol. The molecular formula is C11H13NO3. The Labute approximate surface area is 88.0 Å². The van der Waals surface area contributed by atoms with Crippen molar-refractivity contribution in [2.45, 2.75) is 19.4 Å². The first-order chi connectivity index (χ1) is 7.18. The summed E-state index contributed by atoms with van der Waals surface area (Å²) in [7, 11) is 0. The van der Waals surface area contributed by atoms with Crippen molar-refractivity contribution < 1.29 is 14.3 Å². The molecule has 1 fully saturated rings. The van der Waals surface area contributed by atoms with E-state index in [4.69, 9.17) is 15.2 Å². The lowest BCUT2D eigenvalue weighted by molar-refractivity contribution is -0.143. The minimum Gasteiger partial charge on any atom is -0.476 e. The molecule has 1 heterocycles. The van der Waals surface area contributed by atoms with Crippen molar-refractivity contribution in [2.24, 2.45) is 0 Å². The number of benzene rings is 1. The molecule has 0 radical (unpaired) electrons. The molecule has 15 heavy (non-hydrogen) atoms. The molecule has 1 aromatic carbocycles. The zero-order valence-corrected chi connectivity index (χ0v) is 8.53. The first-order valence-corrected chi connectivity index (χ1v) is 4.87. The van der Waals surface area contributed by atoms with Crippen LogP contribution in [0, 0.1) is 6.92 Å². The average molecular weight is 207 g/mol. The molecule has 0 aliphatic carbocycles. The van der Waals surface area contributed by atoms with E-state index in [9.17, 15) is 4.79 Å². The lowest BCUT2D eigenvalue weighted by atomic mass is 10.2. The second kappa shape index (κ2) is 3.81. The number of nitrogens with two attached hydrogens (primary N) is 1. The number of hydrogen-bond acceptors (Lipinski definition) is 4. The third kappa shape index (κ3) is 1.88. The van der Waals surface area contributed by atoms with Gasteiger partial charge >= 0.3 is 5.97 Å². The number of ether oxygens (including phenoxy) is 2. The molecule has 1 aromatic rings. The van der Waals surface area contributed by atoms with Crippen LogP contribution in [0.1, 0.15) is 12.0 Å². The molecule has 0 amide bonds. The van der Waals surface area contributed by atoms with Gasteiger partial charge in [0.05, 0.1) is 12.3 Å². The van der Waals surface area contributed by atoms with Crippen molar-refractivity contribution in [2.75, 3.05) is 12.3 Å². The Hall–Kier alpha value is -1.71. The second-order valence-electron chi connectivity index (χ2n) is 3.55. The maximum absolute atomic E-state index is 11.2. The third-order valence-electron chi connectivity index (χ3n) is 2.44. The van der Waals surface area contributed by atoms with Crippen LogP contribution < -0.4 is 10.5 Å². The first kappa shape index (κ1) is 9.83. The van der Waals surface area contributed by atoms with Gasteiger partial charge in [-0.1, -0.05) is 12.1 Å². The minimum atomic E-state index is -0.505. The van der Waals surface area contributed by atoms with Gasteiger partial charge in [-0.15, -0.1) is 0 Å². The van der Waals surface area contributed by atoms with Gasteiger partial charge in [0, 0.05) is 6.42 Å². The molecule has 1 aliphatic heterocycles. The van der Waals surface area contributed by atoms with E-state index in [1.807, 2.05) is 19.1 Å². The highest BCUT2D eigenvalue weighted by molar-refractivity contribution is 5.77. The van der Waals surface area contributed by atoms with Crippen LogP contribution in [0.2, 0.25) is 0 Å². The lowest BCUT2D eigenvalue weighted by Gasteiger charge is -2.13. The van der Waals surface area contributed by atoms with Gasteiger partial charge < -0.3 is 15.2 Å². The molecule has 1 aliphatic rings. The van der Waals surface area contributed by atoms with E-state index in [-0.39, 0.29) is 5.97 Å². The van der Waals surface area contributed by atoms with E-state index >= 15 is 0 Å². The van der Waals surface area contributed by atoms with Crippen LogP contribution in [0.15, 0.2) is 18.2 Å². The fraction of sp³-hybridized carbons (Fsp3) is 0.364. The monoisotopic (exact) mass is 207 g/mol. The Morgan fingerprint density at radius 2 is 2.33 bits per heavy atom. The van der Waals surface area contributed by atoms with Crippen LogP contribution in [-0.2, 0) is 9.53 Å². The van der Waals surface area contributed by atoms with Crippen LogP contribution in [0.4, 0.5) is 5.69 Å². The highest BCUT2D eigenvalue weighted by Crippen LogP contribution is 2.27. The molecule has 1 atom stereocenters. The molecule has 4 heteroatoms. The summed E-state index contributed by atoms with van der Waals surface area (Å²) in [5, 5.41) is 0. The van der Waals surface area contributed by atoms with Gasteiger partial charge in [0.15, 0.2) is 6.10 Å². The summed E-state index contributed by atoms with van der Waals surface area (Å²) in [5.74, 6) is 0.245. The van der Waals surface area contributed by atoms with E-state index in [1.165, 1.54) is 0 Å². The summed E-state index contributed by atoms with van der Waals surface area (Å²) in [5.41, 5.74) is 7.35. The van der Waals surface area contributed by atoms with E-state index in [1.54, 1.807) is 6.07 Å². The quantitative estimate of drug-likeness (QED) is 0.586. The van der Waals surface area contributed by atoms with Gasteiger partial charge in [-0.3, -0.25) is 0 Å². The van der Waals surface area contributed by atoms with Crippen molar-refractivity contribution in [3.05, 3.63) is 23.8 Å². The molecule has 2 N–H and O–H groups in total. The van der Waals surface area contributed by atoms with Crippen LogP contribution in [0.25, 0.3) is 0 Å². The van der Waals surface area contributed by atoms with E-state index in [2.05, 4.69) is 0 Å². The Kier molecular flexibility index (Phi) is 2.49. The maximum atomic E-state index is 11.2. The topological polar surface area (TPSA) is 61.5 Å². The number of carbonyl (C=O) groups is 1. The summed E-state index contributed by atoms with van der Waals surface area (Å²) in [6.07, 6.45) is 0.0840. The van der Waals surface area contributed by atoms with Crippen LogP contribution >= 0.6 is 0 Å². The highest BCUT2D eigenvalue weighted by Gasteiger charge is 2.28. The van der Waals surface area contributed by atoms with Crippen LogP contribution in [-0.4, -0.2) is 18.7 Å². The van der Waals surface area contributed by atoms with Gasteiger partial charge in [0.25, 0.3) is 0 Å². The van der Waals surface area contributed by atoms with Gasteiger partial charge in [-0.05, 0) is 18.6 Å². The van der Waals surface area contributed by atoms with Gasteiger partial charge in [0.2, 0.25) is 0 Å². The van der Waals surface area contributed by atoms with Crippen molar-refractivity contribution in [1.29, 1.82) is 0 Å². The third-order valence-corrected chi connectivity index (χ3v) is 2.44. The predicted octanol–water partition coefficient (Wildman–Crippen LogP) is 1.27. The number of cyclic esters (lactones) is 1. The zero-order valence-electron chi connectivity index (χ0n) is 8.53. The highest BCUT2D eigenvalue weighted by atomic mass is 16.6. The van der Waals surface area contributed by atoms with Gasteiger partial charge in [0.1, 0.15) is 5.75 Å². The Bertz CT molecular complexity index is 389. The number of rotatable bonds is 2. The summed E-state index contributed by atoms with van der Waals surface area (Å²) < 4.78 is 10.3. The maximum Gasteiger partial charge on any atom is 0.347 e. The van der Waals surface area contributed by atoms with Crippen molar-refractivity contribution >= 4 is 11.7 Å².